The number of amides is 1. The summed E-state index contributed by atoms with van der Waals surface area (Å²) in [5.41, 5.74) is 2.63. The van der Waals surface area contributed by atoms with Crippen molar-refractivity contribution >= 4 is 39.2 Å². The molecular weight excluding hydrogens is 445 g/mol. The molecule has 5 nitrogen and oxygen atoms in total. The quantitative estimate of drug-likeness (QED) is 0.608. The molecule has 0 spiro atoms. The second-order valence-electron chi connectivity index (χ2n) is 9.46. The molecule has 2 aromatic heterocycles. The number of pyridine rings is 2. The molecule has 1 saturated heterocycles. The molecule has 1 aliphatic rings. The van der Waals surface area contributed by atoms with Gasteiger partial charge in [-0.3, -0.25) is 0 Å². The van der Waals surface area contributed by atoms with Crippen molar-refractivity contribution < 1.29 is 9.53 Å². The van der Waals surface area contributed by atoms with Crippen molar-refractivity contribution in [3.8, 4) is 0 Å². The maximum absolute atomic E-state index is 12.2. The summed E-state index contributed by atoms with van der Waals surface area (Å²) >= 11 is -2.16. The van der Waals surface area contributed by atoms with Crippen LogP contribution in [0.3, 0.4) is 0 Å². The monoisotopic (exact) mass is 477 g/mol. The minimum absolute atomic E-state index is 0.211. The molecule has 27 heavy (non-hydrogen) atoms. The Hall–Kier alpha value is -1.37. The fourth-order valence-electron chi connectivity index (χ4n) is 3.35. The van der Waals surface area contributed by atoms with E-state index in [0.717, 1.165) is 42.7 Å². The first-order valence-corrected chi connectivity index (χ1v) is 19.8. The molecule has 0 radical (unpaired) electrons. The van der Waals surface area contributed by atoms with Gasteiger partial charge in [-0.2, -0.15) is 0 Å². The van der Waals surface area contributed by atoms with E-state index in [1.54, 1.807) is 0 Å². The van der Waals surface area contributed by atoms with Crippen molar-refractivity contribution in [3.63, 3.8) is 0 Å². The van der Waals surface area contributed by atoms with Crippen LogP contribution in [-0.4, -0.2) is 58.0 Å². The SMILES string of the molecule is CC(C)(C)OC(=O)N1CCC(c2ccc3n[c]([Sn]([CH3])([CH3])[CH3])ccc3n2)CC1. The first-order chi connectivity index (χ1) is 12.5. The molecule has 3 rings (SSSR count). The standard InChI is InChI=1S/C18H22N3O2.3CH3.Sn/c1-18(2,3)23-17(22)21-11-8-13(9-12-21)14-6-7-15-16(20-14)5-4-10-19-15;;;;/h4-7,13H,8-9,11-12H2,1-3H3;3*1H3;. The first kappa shape index (κ1) is 20.4. The summed E-state index contributed by atoms with van der Waals surface area (Å²) in [7, 11) is 0. The molecule has 3 heterocycles. The van der Waals surface area contributed by atoms with Gasteiger partial charge in [0.25, 0.3) is 0 Å². The Kier molecular flexibility index (Phi) is 5.71. The Morgan fingerprint density at radius 2 is 1.63 bits per heavy atom. The van der Waals surface area contributed by atoms with Gasteiger partial charge in [-0.25, -0.2) is 0 Å². The molecule has 0 bridgehead atoms. The number of hydrogen-bond donors (Lipinski definition) is 0. The Labute approximate surface area is 166 Å². The third kappa shape index (κ3) is 5.12. The van der Waals surface area contributed by atoms with Crippen molar-refractivity contribution in [3.05, 3.63) is 30.0 Å². The van der Waals surface area contributed by atoms with E-state index in [1.165, 1.54) is 3.71 Å². The number of piperidine rings is 1. The molecular formula is C21H31N3O2Sn. The van der Waals surface area contributed by atoms with Gasteiger partial charge in [-0.05, 0) is 20.8 Å². The summed E-state index contributed by atoms with van der Waals surface area (Å²) in [6, 6.07) is 8.52. The summed E-state index contributed by atoms with van der Waals surface area (Å²) in [5, 5.41) is 0. The van der Waals surface area contributed by atoms with E-state index in [4.69, 9.17) is 14.7 Å². The van der Waals surface area contributed by atoms with Gasteiger partial charge in [0.05, 0.1) is 0 Å². The van der Waals surface area contributed by atoms with E-state index in [1.807, 2.05) is 25.7 Å². The van der Waals surface area contributed by atoms with Crippen LogP contribution in [-0.2, 0) is 4.74 Å². The van der Waals surface area contributed by atoms with Gasteiger partial charge in [0.2, 0.25) is 0 Å². The number of carbonyl (C=O) groups excluding carboxylic acids is 1. The van der Waals surface area contributed by atoms with Crippen LogP contribution in [0.1, 0.15) is 45.2 Å². The van der Waals surface area contributed by atoms with Crippen LogP contribution in [0.15, 0.2) is 24.3 Å². The van der Waals surface area contributed by atoms with Gasteiger partial charge < -0.3 is 0 Å². The summed E-state index contributed by atoms with van der Waals surface area (Å²) in [4.78, 5) is 30.9. The summed E-state index contributed by atoms with van der Waals surface area (Å²) in [6.45, 7) is 7.14. The van der Waals surface area contributed by atoms with Crippen LogP contribution in [0.5, 0.6) is 0 Å². The molecule has 0 N–H and O–H groups in total. The predicted octanol–water partition coefficient (Wildman–Crippen LogP) is 4.29. The molecule has 1 fully saturated rings. The molecule has 0 unspecified atom stereocenters. The van der Waals surface area contributed by atoms with Crippen molar-refractivity contribution in [2.45, 2.75) is 60.0 Å². The Morgan fingerprint density at radius 1 is 1.04 bits per heavy atom. The van der Waals surface area contributed by atoms with E-state index >= 15 is 0 Å². The molecule has 2 aromatic rings. The van der Waals surface area contributed by atoms with E-state index in [-0.39, 0.29) is 6.09 Å². The minimum atomic E-state index is -2.16. The second kappa shape index (κ2) is 7.57. The first-order valence-electron chi connectivity index (χ1n) is 9.79. The normalized spacial score (nSPS) is 16.6. The van der Waals surface area contributed by atoms with Crippen molar-refractivity contribution in [2.24, 2.45) is 0 Å². The number of ether oxygens (including phenoxy) is 1. The second-order valence-corrected chi connectivity index (χ2v) is 23.8. The third-order valence-corrected chi connectivity index (χ3v) is 10.1. The fourth-order valence-corrected chi connectivity index (χ4v) is 6.32. The summed E-state index contributed by atoms with van der Waals surface area (Å²) in [5.74, 6) is 0.384. The Morgan fingerprint density at radius 3 is 2.22 bits per heavy atom. The molecule has 0 aliphatic carbocycles. The van der Waals surface area contributed by atoms with Crippen LogP contribution < -0.4 is 3.71 Å². The van der Waals surface area contributed by atoms with Gasteiger partial charge in [0, 0.05) is 0 Å². The number of carbonyl (C=O) groups is 1. The number of aromatic nitrogens is 2. The molecule has 0 atom stereocenters. The van der Waals surface area contributed by atoms with Crippen LogP contribution in [0.25, 0.3) is 11.0 Å². The van der Waals surface area contributed by atoms with E-state index in [0.29, 0.717) is 5.92 Å². The van der Waals surface area contributed by atoms with Crippen LogP contribution in [0.4, 0.5) is 4.79 Å². The molecule has 1 aliphatic heterocycles. The zero-order valence-corrected chi connectivity index (χ0v) is 20.2. The van der Waals surface area contributed by atoms with Gasteiger partial charge in [0.15, 0.2) is 0 Å². The fraction of sp³-hybridized carbons (Fsp3) is 0.571. The number of hydrogen-bond acceptors (Lipinski definition) is 4. The Balaban J connectivity index is 1.69. The summed E-state index contributed by atoms with van der Waals surface area (Å²) < 4.78 is 6.77. The van der Waals surface area contributed by atoms with Crippen molar-refractivity contribution in [1.29, 1.82) is 0 Å². The predicted molar refractivity (Wildman–Crippen MR) is 112 cm³/mol. The zero-order valence-electron chi connectivity index (χ0n) is 17.4. The average molecular weight is 476 g/mol. The Bertz CT molecular complexity index is 831. The van der Waals surface area contributed by atoms with Gasteiger partial charge >= 0.3 is 140 Å². The average Bonchev–Trinajstić information content (AvgIpc) is 2.58. The maximum atomic E-state index is 12.2. The zero-order chi connectivity index (χ0) is 19.8. The topological polar surface area (TPSA) is 55.3 Å². The summed E-state index contributed by atoms with van der Waals surface area (Å²) in [6.07, 6.45) is 1.63. The van der Waals surface area contributed by atoms with E-state index < -0.39 is 24.0 Å². The molecule has 0 saturated carbocycles. The third-order valence-electron chi connectivity index (χ3n) is 4.90. The van der Waals surface area contributed by atoms with Gasteiger partial charge in [0.1, 0.15) is 5.60 Å². The van der Waals surface area contributed by atoms with Crippen molar-refractivity contribution in [1.82, 2.24) is 14.9 Å². The van der Waals surface area contributed by atoms with Gasteiger partial charge in [-0.1, -0.05) is 0 Å². The van der Waals surface area contributed by atoms with E-state index in [9.17, 15) is 4.79 Å². The van der Waals surface area contributed by atoms with Crippen molar-refractivity contribution in [2.75, 3.05) is 13.1 Å². The van der Waals surface area contributed by atoms with E-state index in [2.05, 4.69) is 39.1 Å². The molecule has 1 amide bonds. The number of likely N-dealkylation sites (tertiary alicyclic amines) is 1. The molecule has 6 heteroatoms. The number of nitrogens with zero attached hydrogens (tertiary/aromatic N) is 3. The number of rotatable bonds is 2. The van der Waals surface area contributed by atoms with Gasteiger partial charge in [-0.15, -0.1) is 0 Å². The van der Waals surface area contributed by atoms with Crippen LogP contribution in [0.2, 0.25) is 14.8 Å². The van der Waals surface area contributed by atoms with Crippen LogP contribution >= 0.6 is 0 Å². The van der Waals surface area contributed by atoms with Crippen LogP contribution in [0, 0.1) is 0 Å². The molecule has 0 aromatic carbocycles. The molecule has 146 valence electrons. The number of fused-ring (bicyclic) bond motifs is 1.